The van der Waals surface area contributed by atoms with Crippen LogP contribution >= 0.6 is 0 Å². The average molecular weight is 251 g/mol. The van der Waals surface area contributed by atoms with Crippen LogP contribution in [-0.2, 0) is 0 Å². The molecule has 0 unspecified atom stereocenters. The molecule has 0 radical (unpaired) electrons. The summed E-state index contributed by atoms with van der Waals surface area (Å²) >= 11 is 0. The highest BCUT2D eigenvalue weighted by molar-refractivity contribution is 5.66. The molecule has 0 spiro atoms. The standard InChI is InChI=1S/C14H13N5/c1-10-5-6-16-14(18-10)19-9-12(8-17-19)11-3-2-4-13(15)7-11/h2-9H,15H2,1H3. The van der Waals surface area contributed by atoms with Crippen LogP contribution in [0, 0.1) is 6.92 Å². The van der Waals surface area contributed by atoms with E-state index in [1.807, 2.05) is 43.5 Å². The maximum absolute atomic E-state index is 5.78. The highest BCUT2D eigenvalue weighted by Gasteiger charge is 2.05. The number of hydrogen-bond acceptors (Lipinski definition) is 4. The SMILES string of the molecule is Cc1ccnc(-n2cc(-c3cccc(N)c3)cn2)n1. The lowest BCUT2D eigenvalue weighted by Crippen LogP contribution is -2.01. The van der Waals surface area contributed by atoms with E-state index in [4.69, 9.17) is 5.73 Å². The van der Waals surface area contributed by atoms with Gasteiger partial charge in [0.1, 0.15) is 0 Å². The molecule has 94 valence electrons. The second-order valence-electron chi connectivity index (χ2n) is 4.30. The predicted molar refractivity (Wildman–Crippen MR) is 73.7 cm³/mol. The van der Waals surface area contributed by atoms with Crippen LogP contribution in [0.3, 0.4) is 0 Å². The molecule has 0 fully saturated rings. The van der Waals surface area contributed by atoms with E-state index in [0.29, 0.717) is 5.95 Å². The molecule has 5 nitrogen and oxygen atoms in total. The van der Waals surface area contributed by atoms with Crippen LogP contribution in [0.2, 0.25) is 0 Å². The third-order valence-electron chi connectivity index (χ3n) is 2.79. The van der Waals surface area contributed by atoms with E-state index in [0.717, 1.165) is 22.5 Å². The van der Waals surface area contributed by atoms with Gasteiger partial charge in [0.05, 0.1) is 6.20 Å². The number of rotatable bonds is 2. The summed E-state index contributed by atoms with van der Waals surface area (Å²) < 4.78 is 1.66. The average Bonchev–Trinajstić information content (AvgIpc) is 2.88. The molecule has 3 rings (SSSR count). The quantitative estimate of drug-likeness (QED) is 0.709. The summed E-state index contributed by atoms with van der Waals surface area (Å²) in [5.74, 6) is 0.565. The molecule has 0 saturated heterocycles. The van der Waals surface area contributed by atoms with E-state index in [2.05, 4.69) is 15.1 Å². The van der Waals surface area contributed by atoms with E-state index >= 15 is 0 Å². The summed E-state index contributed by atoms with van der Waals surface area (Å²) in [4.78, 5) is 8.53. The molecule has 0 aliphatic carbocycles. The minimum atomic E-state index is 0.565. The number of aryl methyl sites for hydroxylation is 1. The van der Waals surface area contributed by atoms with Gasteiger partial charge in [-0.15, -0.1) is 0 Å². The molecule has 0 atom stereocenters. The Hall–Kier alpha value is -2.69. The smallest absolute Gasteiger partial charge is 0.250 e. The topological polar surface area (TPSA) is 69.6 Å². The third kappa shape index (κ3) is 2.30. The second kappa shape index (κ2) is 4.53. The van der Waals surface area contributed by atoms with Gasteiger partial charge >= 0.3 is 0 Å². The van der Waals surface area contributed by atoms with Gasteiger partial charge < -0.3 is 5.73 Å². The molecule has 2 aromatic heterocycles. The molecule has 0 aliphatic rings. The molecule has 0 bridgehead atoms. The van der Waals surface area contributed by atoms with Crippen LogP contribution in [0.25, 0.3) is 17.1 Å². The fourth-order valence-electron chi connectivity index (χ4n) is 1.85. The summed E-state index contributed by atoms with van der Waals surface area (Å²) in [6.45, 7) is 1.92. The Bertz CT molecular complexity index is 657. The number of nitrogens with zero attached hydrogens (tertiary/aromatic N) is 4. The van der Waals surface area contributed by atoms with Gasteiger partial charge in [-0.2, -0.15) is 5.10 Å². The number of benzene rings is 1. The van der Waals surface area contributed by atoms with Crippen LogP contribution in [0.5, 0.6) is 0 Å². The first-order chi connectivity index (χ1) is 9.22. The third-order valence-corrected chi connectivity index (χ3v) is 2.79. The molecule has 5 heteroatoms. The van der Waals surface area contributed by atoms with Gasteiger partial charge in [0.2, 0.25) is 0 Å². The first-order valence-electron chi connectivity index (χ1n) is 5.93. The molecule has 2 N–H and O–H groups in total. The van der Waals surface area contributed by atoms with Crippen molar-refractivity contribution in [2.45, 2.75) is 6.92 Å². The molecule has 1 aromatic carbocycles. The zero-order valence-electron chi connectivity index (χ0n) is 10.5. The minimum Gasteiger partial charge on any atom is -0.399 e. The summed E-state index contributed by atoms with van der Waals surface area (Å²) in [7, 11) is 0. The van der Waals surface area contributed by atoms with Crippen LogP contribution in [0.1, 0.15) is 5.69 Å². The van der Waals surface area contributed by atoms with Gasteiger partial charge in [-0.25, -0.2) is 14.6 Å². The van der Waals surface area contributed by atoms with Crippen LogP contribution in [0.4, 0.5) is 5.69 Å². The number of nitrogens with two attached hydrogens (primary N) is 1. The maximum atomic E-state index is 5.78. The fraction of sp³-hybridized carbons (Fsp3) is 0.0714. The van der Waals surface area contributed by atoms with Crippen molar-refractivity contribution in [3.05, 3.63) is 54.6 Å². The fourth-order valence-corrected chi connectivity index (χ4v) is 1.85. The van der Waals surface area contributed by atoms with E-state index in [1.165, 1.54) is 0 Å². The van der Waals surface area contributed by atoms with Crippen LogP contribution in [0.15, 0.2) is 48.9 Å². The maximum Gasteiger partial charge on any atom is 0.250 e. The molecular formula is C14H13N5. The number of aromatic nitrogens is 4. The van der Waals surface area contributed by atoms with Gasteiger partial charge in [0.15, 0.2) is 0 Å². The molecule has 2 heterocycles. The van der Waals surface area contributed by atoms with Crippen molar-refractivity contribution in [3.8, 4) is 17.1 Å². The zero-order chi connectivity index (χ0) is 13.2. The summed E-state index contributed by atoms with van der Waals surface area (Å²) in [5, 5.41) is 4.28. The van der Waals surface area contributed by atoms with E-state index < -0.39 is 0 Å². The van der Waals surface area contributed by atoms with Crippen LogP contribution in [-0.4, -0.2) is 19.7 Å². The molecule has 0 aliphatic heterocycles. The van der Waals surface area contributed by atoms with Crippen molar-refractivity contribution in [1.29, 1.82) is 0 Å². The van der Waals surface area contributed by atoms with E-state index in [1.54, 1.807) is 17.1 Å². The van der Waals surface area contributed by atoms with Gasteiger partial charge in [-0.1, -0.05) is 12.1 Å². The van der Waals surface area contributed by atoms with Gasteiger partial charge in [-0.3, -0.25) is 0 Å². The van der Waals surface area contributed by atoms with E-state index in [9.17, 15) is 0 Å². The van der Waals surface area contributed by atoms with Crippen molar-refractivity contribution in [3.63, 3.8) is 0 Å². The Balaban J connectivity index is 2.00. The van der Waals surface area contributed by atoms with E-state index in [-0.39, 0.29) is 0 Å². The summed E-state index contributed by atoms with van der Waals surface area (Å²) in [5.41, 5.74) is 9.43. The Kier molecular flexibility index (Phi) is 2.72. The van der Waals surface area contributed by atoms with Crippen molar-refractivity contribution >= 4 is 5.69 Å². The Morgan fingerprint density at radius 1 is 1.16 bits per heavy atom. The Labute approximate surface area is 110 Å². The number of anilines is 1. The summed E-state index contributed by atoms with van der Waals surface area (Å²) in [6.07, 6.45) is 5.39. The zero-order valence-corrected chi connectivity index (χ0v) is 10.5. The number of hydrogen-bond donors (Lipinski definition) is 1. The highest BCUT2D eigenvalue weighted by Crippen LogP contribution is 2.21. The lowest BCUT2D eigenvalue weighted by molar-refractivity contribution is 0.801. The lowest BCUT2D eigenvalue weighted by atomic mass is 10.1. The van der Waals surface area contributed by atoms with Gasteiger partial charge in [0, 0.05) is 29.3 Å². The van der Waals surface area contributed by atoms with Crippen molar-refractivity contribution in [1.82, 2.24) is 19.7 Å². The lowest BCUT2D eigenvalue weighted by Gasteiger charge is -2.00. The molecule has 3 aromatic rings. The first kappa shape index (κ1) is 11.4. The monoisotopic (exact) mass is 251 g/mol. The normalized spacial score (nSPS) is 10.6. The largest absolute Gasteiger partial charge is 0.399 e. The molecule has 0 amide bonds. The summed E-state index contributed by atoms with van der Waals surface area (Å²) in [6, 6.07) is 9.54. The number of nitrogen functional groups attached to an aromatic ring is 1. The Morgan fingerprint density at radius 2 is 2.05 bits per heavy atom. The van der Waals surface area contributed by atoms with Crippen molar-refractivity contribution in [2.75, 3.05) is 5.73 Å². The second-order valence-corrected chi connectivity index (χ2v) is 4.30. The molecule has 0 saturated carbocycles. The van der Waals surface area contributed by atoms with Crippen LogP contribution < -0.4 is 5.73 Å². The highest BCUT2D eigenvalue weighted by atomic mass is 15.3. The van der Waals surface area contributed by atoms with Crippen molar-refractivity contribution in [2.24, 2.45) is 0 Å². The Morgan fingerprint density at radius 3 is 2.84 bits per heavy atom. The molecule has 19 heavy (non-hydrogen) atoms. The van der Waals surface area contributed by atoms with Gasteiger partial charge in [0.25, 0.3) is 5.95 Å². The first-order valence-corrected chi connectivity index (χ1v) is 5.93. The predicted octanol–water partition coefficient (Wildman–Crippen LogP) is 2.22. The van der Waals surface area contributed by atoms with Crippen molar-refractivity contribution < 1.29 is 0 Å². The molecular weight excluding hydrogens is 238 g/mol. The minimum absolute atomic E-state index is 0.565. The van der Waals surface area contributed by atoms with Gasteiger partial charge in [-0.05, 0) is 30.7 Å².